The van der Waals surface area contributed by atoms with Crippen molar-refractivity contribution in [3.8, 4) is 11.5 Å². The van der Waals surface area contributed by atoms with Crippen LogP contribution in [0.2, 0.25) is 0 Å². The number of hydrogen-bond donors (Lipinski definition) is 3. The van der Waals surface area contributed by atoms with Crippen LogP contribution in [0.15, 0.2) is 58.6 Å². The molecule has 1 aliphatic heterocycles. The van der Waals surface area contributed by atoms with E-state index in [9.17, 15) is 9.59 Å². The van der Waals surface area contributed by atoms with Crippen molar-refractivity contribution >= 4 is 29.7 Å². The highest BCUT2D eigenvalue weighted by atomic mass is 16.5. The van der Waals surface area contributed by atoms with E-state index in [1.165, 1.54) is 0 Å². The van der Waals surface area contributed by atoms with Crippen LogP contribution in [0.25, 0.3) is 0 Å². The van der Waals surface area contributed by atoms with E-state index in [0.29, 0.717) is 17.2 Å². The van der Waals surface area contributed by atoms with E-state index in [1.807, 2.05) is 18.2 Å². The standard InChI is InChI=1S/C20H21N5O4/c1-28-16-9-8-13(10-17(16)29-2)12-21-25-20-23-15(19(27)24-20)11-18(26)22-14-6-4-3-5-7-14/h3-10,12,15H,11H2,1-2H3,(H,22,26)(H2,23,24,25,27). The highest BCUT2D eigenvalue weighted by Crippen LogP contribution is 2.26. The molecule has 1 aliphatic rings. The monoisotopic (exact) mass is 395 g/mol. The quantitative estimate of drug-likeness (QED) is 0.486. The topological polar surface area (TPSA) is 113 Å². The fourth-order valence-electron chi connectivity index (χ4n) is 2.65. The summed E-state index contributed by atoms with van der Waals surface area (Å²) < 4.78 is 10.4. The first-order valence-electron chi connectivity index (χ1n) is 8.83. The van der Waals surface area contributed by atoms with Gasteiger partial charge in [-0.05, 0) is 35.9 Å². The Morgan fingerprint density at radius 1 is 1.17 bits per heavy atom. The van der Waals surface area contributed by atoms with Gasteiger partial charge in [0.2, 0.25) is 11.9 Å². The van der Waals surface area contributed by atoms with Gasteiger partial charge < -0.3 is 14.8 Å². The highest BCUT2D eigenvalue weighted by molar-refractivity contribution is 6.07. The van der Waals surface area contributed by atoms with Crippen LogP contribution in [0.4, 0.5) is 5.69 Å². The van der Waals surface area contributed by atoms with Crippen molar-refractivity contribution in [2.24, 2.45) is 10.1 Å². The lowest BCUT2D eigenvalue weighted by Crippen LogP contribution is -2.35. The summed E-state index contributed by atoms with van der Waals surface area (Å²) in [4.78, 5) is 28.3. The SMILES string of the molecule is COc1ccc(C=NNC2=NC(CC(=O)Nc3ccccc3)C(=O)N2)cc1OC. The van der Waals surface area contributed by atoms with Gasteiger partial charge in [-0.2, -0.15) is 5.10 Å². The zero-order valence-corrected chi connectivity index (χ0v) is 16.0. The first kappa shape index (κ1) is 19.9. The van der Waals surface area contributed by atoms with Crippen LogP contribution in [0.3, 0.4) is 0 Å². The summed E-state index contributed by atoms with van der Waals surface area (Å²) in [6.07, 6.45) is 1.48. The molecule has 0 aliphatic carbocycles. The lowest BCUT2D eigenvalue weighted by Gasteiger charge is -2.07. The Kier molecular flexibility index (Phi) is 6.41. The number of hydrazone groups is 1. The molecule has 3 rings (SSSR count). The van der Waals surface area contributed by atoms with Crippen molar-refractivity contribution in [3.63, 3.8) is 0 Å². The van der Waals surface area contributed by atoms with Crippen LogP contribution < -0.4 is 25.5 Å². The number of nitrogens with one attached hydrogen (secondary N) is 3. The summed E-state index contributed by atoms with van der Waals surface area (Å²) in [6, 6.07) is 13.5. The Bertz CT molecular complexity index is 943. The molecular weight excluding hydrogens is 374 g/mol. The zero-order valence-electron chi connectivity index (χ0n) is 16.0. The van der Waals surface area contributed by atoms with Gasteiger partial charge in [0.1, 0.15) is 6.04 Å². The molecule has 0 aromatic heterocycles. The van der Waals surface area contributed by atoms with E-state index in [2.05, 4.69) is 26.2 Å². The van der Waals surface area contributed by atoms with Crippen LogP contribution in [-0.2, 0) is 9.59 Å². The molecule has 0 fully saturated rings. The second-order valence-electron chi connectivity index (χ2n) is 6.09. The summed E-state index contributed by atoms with van der Waals surface area (Å²) in [7, 11) is 3.11. The third kappa shape index (κ3) is 5.32. The Morgan fingerprint density at radius 3 is 2.66 bits per heavy atom. The van der Waals surface area contributed by atoms with Gasteiger partial charge in [-0.1, -0.05) is 18.2 Å². The first-order valence-corrected chi connectivity index (χ1v) is 8.83. The van der Waals surface area contributed by atoms with Gasteiger partial charge in [0, 0.05) is 5.69 Å². The van der Waals surface area contributed by atoms with Crippen LogP contribution >= 0.6 is 0 Å². The van der Waals surface area contributed by atoms with Gasteiger partial charge in [-0.25, -0.2) is 10.4 Å². The smallest absolute Gasteiger partial charge is 0.252 e. The molecule has 1 atom stereocenters. The number of para-hydroxylation sites is 1. The van der Waals surface area contributed by atoms with Crippen LogP contribution in [0.5, 0.6) is 11.5 Å². The number of amides is 2. The second-order valence-corrected chi connectivity index (χ2v) is 6.09. The number of ether oxygens (including phenoxy) is 2. The van der Waals surface area contributed by atoms with E-state index in [0.717, 1.165) is 5.56 Å². The molecule has 2 aromatic rings. The molecule has 150 valence electrons. The normalized spacial score (nSPS) is 15.6. The van der Waals surface area contributed by atoms with Crippen molar-refractivity contribution < 1.29 is 19.1 Å². The Morgan fingerprint density at radius 2 is 1.93 bits per heavy atom. The minimum absolute atomic E-state index is 0.0642. The van der Waals surface area contributed by atoms with Crippen molar-refractivity contribution in [1.82, 2.24) is 10.7 Å². The van der Waals surface area contributed by atoms with Gasteiger partial charge >= 0.3 is 0 Å². The van der Waals surface area contributed by atoms with Gasteiger partial charge in [0.05, 0.1) is 26.9 Å². The highest BCUT2D eigenvalue weighted by Gasteiger charge is 2.28. The number of hydrogen-bond acceptors (Lipinski definition) is 7. The Labute approximate surface area is 167 Å². The Hall–Kier alpha value is -3.88. The summed E-state index contributed by atoms with van der Waals surface area (Å²) in [5.41, 5.74) is 4.09. The van der Waals surface area contributed by atoms with E-state index >= 15 is 0 Å². The summed E-state index contributed by atoms with van der Waals surface area (Å²) in [5, 5.41) is 9.34. The molecule has 29 heavy (non-hydrogen) atoms. The second kappa shape index (κ2) is 9.36. The van der Waals surface area contributed by atoms with Crippen molar-refractivity contribution in [2.75, 3.05) is 19.5 Å². The minimum Gasteiger partial charge on any atom is -0.493 e. The number of carbonyl (C=O) groups excluding carboxylic acids is 2. The van der Waals surface area contributed by atoms with Crippen molar-refractivity contribution in [2.45, 2.75) is 12.5 Å². The number of rotatable bonds is 7. The molecule has 1 heterocycles. The lowest BCUT2D eigenvalue weighted by molar-refractivity contribution is -0.123. The molecule has 0 radical (unpaired) electrons. The van der Waals surface area contributed by atoms with E-state index in [4.69, 9.17) is 9.47 Å². The first-order chi connectivity index (χ1) is 14.1. The van der Waals surface area contributed by atoms with Gasteiger partial charge in [0.25, 0.3) is 5.91 Å². The molecule has 9 nitrogen and oxygen atoms in total. The third-order valence-corrected chi connectivity index (χ3v) is 4.06. The fraction of sp³-hybridized carbons (Fsp3) is 0.200. The number of anilines is 1. The van der Waals surface area contributed by atoms with Crippen molar-refractivity contribution in [1.29, 1.82) is 0 Å². The zero-order chi connectivity index (χ0) is 20.6. The number of methoxy groups -OCH3 is 2. The molecule has 2 aromatic carbocycles. The van der Waals surface area contributed by atoms with Crippen molar-refractivity contribution in [3.05, 3.63) is 54.1 Å². The predicted molar refractivity (Wildman–Crippen MR) is 109 cm³/mol. The number of nitrogens with zero attached hydrogens (tertiary/aromatic N) is 2. The summed E-state index contributed by atoms with van der Waals surface area (Å²) in [6.45, 7) is 0. The third-order valence-electron chi connectivity index (χ3n) is 4.06. The molecule has 1 unspecified atom stereocenters. The molecule has 9 heteroatoms. The fourth-order valence-corrected chi connectivity index (χ4v) is 2.65. The van der Waals surface area contributed by atoms with Crippen LogP contribution in [0, 0.1) is 0 Å². The maximum atomic E-state index is 12.1. The summed E-state index contributed by atoms with van der Waals surface area (Å²) >= 11 is 0. The number of benzene rings is 2. The maximum absolute atomic E-state index is 12.1. The summed E-state index contributed by atoms with van der Waals surface area (Å²) in [5.74, 6) is 0.713. The number of carbonyl (C=O) groups is 2. The molecule has 3 N–H and O–H groups in total. The van der Waals surface area contributed by atoms with Gasteiger partial charge in [-0.3, -0.25) is 14.9 Å². The average molecular weight is 395 g/mol. The van der Waals surface area contributed by atoms with E-state index < -0.39 is 6.04 Å². The van der Waals surface area contributed by atoms with E-state index in [1.54, 1.807) is 50.8 Å². The maximum Gasteiger partial charge on any atom is 0.252 e. The van der Waals surface area contributed by atoms with Gasteiger partial charge in [-0.15, -0.1) is 0 Å². The molecule has 0 saturated carbocycles. The average Bonchev–Trinajstić information content (AvgIpc) is 3.07. The molecule has 2 amide bonds. The molecular formula is C20H21N5O4. The minimum atomic E-state index is -0.808. The van der Waals surface area contributed by atoms with Gasteiger partial charge in [0.15, 0.2) is 11.5 Å². The number of aliphatic imine (C=N–C) groups is 1. The predicted octanol–water partition coefficient (Wildman–Crippen LogP) is 1.51. The lowest BCUT2D eigenvalue weighted by atomic mass is 10.2. The molecule has 0 bridgehead atoms. The van der Waals surface area contributed by atoms with E-state index in [-0.39, 0.29) is 24.2 Å². The Balaban J connectivity index is 1.56. The van der Waals surface area contributed by atoms with Crippen LogP contribution in [-0.4, -0.2) is 44.2 Å². The largest absolute Gasteiger partial charge is 0.493 e. The number of guanidine groups is 1. The molecule has 0 spiro atoms. The molecule has 0 saturated heterocycles. The van der Waals surface area contributed by atoms with Crippen LogP contribution in [0.1, 0.15) is 12.0 Å².